The number of primary amides is 1. The zero-order valence-electron chi connectivity index (χ0n) is 14.7. The van der Waals surface area contributed by atoms with E-state index >= 15 is 0 Å². The van der Waals surface area contributed by atoms with Gasteiger partial charge in [0.05, 0.1) is 0 Å². The molecule has 1 aromatic heterocycles. The Labute approximate surface area is 158 Å². The number of thiophene rings is 1. The van der Waals surface area contributed by atoms with Crippen molar-refractivity contribution in [1.29, 1.82) is 0 Å². The number of nitrogens with two attached hydrogens (primary N) is 1. The first kappa shape index (κ1) is 18.5. The van der Waals surface area contributed by atoms with Gasteiger partial charge in [-0.15, -0.1) is 11.3 Å². The van der Waals surface area contributed by atoms with E-state index in [1.54, 1.807) is 4.88 Å². The standard InChI is InChI=1S/C19H23NS2.CH3NO/c1-14(15-8-4-2-5-9-15)20-13-19-18(22-20)12-17(21-19)16-10-6-3-7-11-16;2-1-3/h3,6-7,10-12,14-15H,2,4-5,8-9,13H2,1H3;1H,(H2,2,3). The summed E-state index contributed by atoms with van der Waals surface area (Å²) < 4.78 is 2.63. The smallest absolute Gasteiger partial charge is 0.204 e. The van der Waals surface area contributed by atoms with Gasteiger partial charge in [0.2, 0.25) is 6.41 Å². The molecule has 1 unspecified atom stereocenters. The van der Waals surface area contributed by atoms with Gasteiger partial charge in [-0.1, -0.05) is 49.6 Å². The van der Waals surface area contributed by atoms with Crippen LogP contribution < -0.4 is 5.73 Å². The van der Waals surface area contributed by atoms with Crippen LogP contribution in [-0.4, -0.2) is 16.8 Å². The first-order chi connectivity index (χ1) is 12.2. The van der Waals surface area contributed by atoms with Crippen molar-refractivity contribution in [3.63, 3.8) is 0 Å². The van der Waals surface area contributed by atoms with E-state index in [2.05, 4.69) is 53.4 Å². The SMILES string of the molecule is CC(C1CCCCC1)N1Cc2sc(-c3ccccc3)cc2S1.NC=O. The lowest BCUT2D eigenvalue weighted by atomic mass is 9.84. The van der Waals surface area contributed by atoms with Crippen molar-refractivity contribution in [1.82, 2.24) is 4.31 Å². The molecule has 2 heterocycles. The van der Waals surface area contributed by atoms with Crippen LogP contribution in [0, 0.1) is 5.92 Å². The first-order valence-corrected chi connectivity index (χ1v) is 10.6. The van der Waals surface area contributed by atoms with Crippen LogP contribution in [0.1, 0.15) is 43.9 Å². The summed E-state index contributed by atoms with van der Waals surface area (Å²) in [5.74, 6) is 0.906. The van der Waals surface area contributed by atoms with Crippen molar-refractivity contribution in [3.05, 3.63) is 41.3 Å². The molecule has 5 heteroatoms. The van der Waals surface area contributed by atoms with E-state index in [9.17, 15) is 0 Å². The quantitative estimate of drug-likeness (QED) is 0.585. The molecule has 1 fully saturated rings. The van der Waals surface area contributed by atoms with E-state index in [4.69, 9.17) is 4.79 Å². The minimum absolute atomic E-state index is 0.250. The highest BCUT2D eigenvalue weighted by molar-refractivity contribution is 7.97. The zero-order valence-corrected chi connectivity index (χ0v) is 16.3. The average molecular weight is 375 g/mol. The van der Waals surface area contributed by atoms with Gasteiger partial charge in [0.25, 0.3) is 0 Å². The van der Waals surface area contributed by atoms with Crippen molar-refractivity contribution >= 4 is 29.7 Å². The molecule has 3 nitrogen and oxygen atoms in total. The maximum atomic E-state index is 8.58. The number of rotatable bonds is 3. The molecule has 1 amide bonds. The van der Waals surface area contributed by atoms with Gasteiger partial charge in [0.1, 0.15) is 0 Å². The normalized spacial score (nSPS) is 18.9. The summed E-state index contributed by atoms with van der Waals surface area (Å²) in [6, 6.07) is 13.9. The topological polar surface area (TPSA) is 46.3 Å². The Hall–Kier alpha value is -1.30. The molecule has 0 spiro atoms. The third kappa shape index (κ3) is 4.46. The van der Waals surface area contributed by atoms with Crippen LogP contribution in [0.4, 0.5) is 0 Å². The number of benzene rings is 1. The molecule has 4 rings (SSSR count). The van der Waals surface area contributed by atoms with Crippen LogP contribution in [0.25, 0.3) is 10.4 Å². The highest BCUT2D eigenvalue weighted by atomic mass is 32.2. The molecule has 0 bridgehead atoms. The Balaban J connectivity index is 0.000000569. The number of carbonyl (C=O) groups is 1. The molecule has 0 saturated heterocycles. The summed E-state index contributed by atoms with van der Waals surface area (Å²) in [7, 11) is 0. The summed E-state index contributed by atoms with van der Waals surface area (Å²) in [4.78, 5) is 13.1. The molecule has 2 N–H and O–H groups in total. The van der Waals surface area contributed by atoms with Gasteiger partial charge in [-0.05, 0) is 49.3 Å². The molecule has 1 aliphatic heterocycles. The first-order valence-electron chi connectivity index (χ1n) is 9.01. The highest BCUT2D eigenvalue weighted by Gasteiger charge is 2.31. The maximum Gasteiger partial charge on any atom is 0.204 e. The van der Waals surface area contributed by atoms with E-state index in [1.807, 2.05) is 23.3 Å². The van der Waals surface area contributed by atoms with Crippen molar-refractivity contribution in [3.8, 4) is 10.4 Å². The molecule has 2 aromatic rings. The number of fused-ring (bicyclic) bond motifs is 1. The van der Waals surface area contributed by atoms with E-state index in [0.717, 1.165) is 12.5 Å². The Morgan fingerprint density at radius 1 is 1.20 bits per heavy atom. The van der Waals surface area contributed by atoms with Crippen molar-refractivity contribution in [2.45, 2.75) is 56.5 Å². The van der Waals surface area contributed by atoms with E-state index < -0.39 is 0 Å². The minimum Gasteiger partial charge on any atom is -0.372 e. The molecule has 134 valence electrons. The monoisotopic (exact) mass is 374 g/mol. The maximum absolute atomic E-state index is 8.58. The molecule has 1 aliphatic carbocycles. The summed E-state index contributed by atoms with van der Waals surface area (Å²) in [5, 5.41) is 0. The van der Waals surface area contributed by atoms with Gasteiger partial charge in [-0.25, -0.2) is 4.31 Å². The second-order valence-electron chi connectivity index (χ2n) is 6.71. The summed E-state index contributed by atoms with van der Waals surface area (Å²) in [6.07, 6.45) is 7.44. The van der Waals surface area contributed by atoms with Gasteiger partial charge >= 0.3 is 0 Å². The number of carbonyl (C=O) groups excluding carboxylic acids is 1. The second kappa shape index (κ2) is 8.88. The minimum atomic E-state index is 0.250. The predicted molar refractivity (Wildman–Crippen MR) is 107 cm³/mol. The van der Waals surface area contributed by atoms with Crippen LogP contribution >= 0.6 is 23.3 Å². The van der Waals surface area contributed by atoms with Crippen LogP contribution in [0.5, 0.6) is 0 Å². The van der Waals surface area contributed by atoms with Crippen molar-refractivity contribution < 1.29 is 4.79 Å². The summed E-state index contributed by atoms with van der Waals surface area (Å²) >= 11 is 3.98. The van der Waals surface area contributed by atoms with Crippen LogP contribution in [0.15, 0.2) is 41.3 Å². The summed E-state index contributed by atoms with van der Waals surface area (Å²) in [5.41, 5.74) is 5.52. The Morgan fingerprint density at radius 3 is 2.52 bits per heavy atom. The molecular formula is C20H26N2OS2. The molecule has 1 aromatic carbocycles. The van der Waals surface area contributed by atoms with Gasteiger partial charge in [-0.3, -0.25) is 4.79 Å². The fourth-order valence-corrected chi connectivity index (χ4v) is 6.30. The molecular weight excluding hydrogens is 348 g/mol. The van der Waals surface area contributed by atoms with E-state index in [0.29, 0.717) is 6.04 Å². The third-order valence-corrected chi connectivity index (χ3v) is 7.69. The zero-order chi connectivity index (χ0) is 17.6. The van der Waals surface area contributed by atoms with Crippen LogP contribution in [-0.2, 0) is 11.3 Å². The number of hydrogen-bond donors (Lipinski definition) is 1. The molecule has 1 saturated carbocycles. The van der Waals surface area contributed by atoms with Crippen molar-refractivity contribution in [2.75, 3.05) is 0 Å². The Morgan fingerprint density at radius 2 is 1.88 bits per heavy atom. The Bertz CT molecular complexity index is 657. The lowest BCUT2D eigenvalue weighted by Gasteiger charge is -2.33. The number of hydrogen-bond acceptors (Lipinski definition) is 4. The lowest BCUT2D eigenvalue weighted by molar-refractivity contribution is -0.106. The fraction of sp³-hybridized carbons (Fsp3) is 0.450. The molecule has 25 heavy (non-hydrogen) atoms. The Kier molecular flexibility index (Phi) is 6.57. The van der Waals surface area contributed by atoms with E-state index in [-0.39, 0.29) is 6.41 Å². The van der Waals surface area contributed by atoms with Crippen LogP contribution in [0.2, 0.25) is 0 Å². The molecule has 0 radical (unpaired) electrons. The van der Waals surface area contributed by atoms with E-state index in [1.165, 1.54) is 47.4 Å². The van der Waals surface area contributed by atoms with Crippen LogP contribution in [0.3, 0.4) is 0 Å². The van der Waals surface area contributed by atoms with Gasteiger partial charge in [0, 0.05) is 27.2 Å². The summed E-state index contributed by atoms with van der Waals surface area (Å²) in [6.45, 7) is 3.58. The lowest BCUT2D eigenvalue weighted by Crippen LogP contribution is -2.32. The molecule has 1 atom stereocenters. The second-order valence-corrected chi connectivity index (χ2v) is 8.93. The largest absolute Gasteiger partial charge is 0.372 e. The van der Waals surface area contributed by atoms with Crippen molar-refractivity contribution in [2.24, 2.45) is 11.7 Å². The third-order valence-electron chi connectivity index (χ3n) is 5.13. The number of nitrogens with zero attached hydrogens (tertiary/aromatic N) is 1. The predicted octanol–water partition coefficient (Wildman–Crippen LogP) is 5.31. The fourth-order valence-electron chi connectivity index (χ4n) is 3.72. The number of amides is 1. The average Bonchev–Trinajstić information content (AvgIpc) is 3.22. The highest BCUT2D eigenvalue weighted by Crippen LogP contribution is 2.46. The van der Waals surface area contributed by atoms with Gasteiger partial charge < -0.3 is 5.73 Å². The van der Waals surface area contributed by atoms with Gasteiger partial charge in [-0.2, -0.15) is 0 Å². The molecule has 2 aliphatic rings. The van der Waals surface area contributed by atoms with Gasteiger partial charge in [0.15, 0.2) is 0 Å².